The number of aromatic nitrogens is 2. The van der Waals surface area contributed by atoms with Crippen molar-refractivity contribution in [3.8, 4) is 0 Å². The number of nitrogens with one attached hydrogen (secondary N) is 3. The van der Waals surface area contributed by atoms with Crippen molar-refractivity contribution >= 4 is 15.7 Å². The number of fused-ring (bicyclic) bond motifs is 1. The van der Waals surface area contributed by atoms with Crippen LogP contribution in [-0.2, 0) is 23.0 Å². The fraction of sp³-hybridized carbons (Fsp3) is 0.308. The number of aryl methyl sites for hydroxylation is 1. The first-order valence-corrected chi connectivity index (χ1v) is 7.97. The monoisotopic (exact) mass is 292 g/mol. The summed E-state index contributed by atoms with van der Waals surface area (Å²) in [7, 11) is -3.50. The molecule has 0 fully saturated rings. The number of sulfonamides is 1. The molecule has 0 unspecified atom stereocenters. The van der Waals surface area contributed by atoms with E-state index in [1.807, 2.05) is 6.07 Å². The number of aromatic amines is 1. The zero-order valence-electron chi connectivity index (χ0n) is 10.9. The van der Waals surface area contributed by atoms with Gasteiger partial charge >= 0.3 is 0 Å². The van der Waals surface area contributed by atoms with Crippen LogP contribution in [0.1, 0.15) is 17.5 Å². The van der Waals surface area contributed by atoms with Gasteiger partial charge in [0.1, 0.15) is 0 Å². The quantitative estimate of drug-likeness (QED) is 0.791. The van der Waals surface area contributed by atoms with Crippen LogP contribution in [0.15, 0.2) is 35.5 Å². The maximum Gasteiger partial charge on any atom is 0.240 e. The smallest absolute Gasteiger partial charge is 0.240 e. The summed E-state index contributed by atoms with van der Waals surface area (Å²) in [6, 6.07) is 5.24. The summed E-state index contributed by atoms with van der Waals surface area (Å²) in [6.07, 6.45) is 5.33. The Labute approximate surface area is 117 Å². The maximum atomic E-state index is 12.2. The Balaban J connectivity index is 1.80. The molecule has 0 aliphatic carbocycles. The molecule has 0 radical (unpaired) electrons. The van der Waals surface area contributed by atoms with Crippen molar-refractivity contribution in [2.75, 3.05) is 11.9 Å². The molecule has 106 valence electrons. The van der Waals surface area contributed by atoms with E-state index in [4.69, 9.17) is 0 Å². The lowest BCUT2D eigenvalue weighted by molar-refractivity contribution is 0.581. The van der Waals surface area contributed by atoms with E-state index in [0.717, 1.165) is 30.6 Å². The van der Waals surface area contributed by atoms with Crippen LogP contribution in [0.25, 0.3) is 0 Å². The van der Waals surface area contributed by atoms with Crippen molar-refractivity contribution in [1.29, 1.82) is 0 Å². The summed E-state index contributed by atoms with van der Waals surface area (Å²) in [5.41, 5.74) is 2.89. The third-order valence-electron chi connectivity index (χ3n) is 3.35. The highest BCUT2D eigenvalue weighted by molar-refractivity contribution is 7.89. The highest BCUT2D eigenvalue weighted by Crippen LogP contribution is 2.25. The molecule has 6 nitrogen and oxygen atoms in total. The van der Waals surface area contributed by atoms with E-state index >= 15 is 0 Å². The summed E-state index contributed by atoms with van der Waals surface area (Å²) in [5, 5.41) is 9.67. The summed E-state index contributed by atoms with van der Waals surface area (Å²) in [6.45, 7) is 1.11. The van der Waals surface area contributed by atoms with Crippen molar-refractivity contribution in [2.24, 2.45) is 0 Å². The van der Waals surface area contributed by atoms with Gasteiger partial charge in [-0.25, -0.2) is 13.1 Å². The number of hydrogen-bond acceptors (Lipinski definition) is 4. The lowest BCUT2D eigenvalue weighted by atomic mass is 10.0. The third kappa shape index (κ3) is 2.68. The molecule has 7 heteroatoms. The van der Waals surface area contributed by atoms with Crippen molar-refractivity contribution in [2.45, 2.75) is 24.3 Å². The van der Waals surface area contributed by atoms with Crippen molar-refractivity contribution in [3.63, 3.8) is 0 Å². The van der Waals surface area contributed by atoms with Crippen LogP contribution in [0.3, 0.4) is 0 Å². The first-order valence-electron chi connectivity index (χ1n) is 6.49. The summed E-state index contributed by atoms with van der Waals surface area (Å²) in [4.78, 5) is 0.286. The molecule has 1 aromatic heterocycles. The molecule has 1 aliphatic heterocycles. The van der Waals surface area contributed by atoms with Gasteiger partial charge in [-0.2, -0.15) is 5.10 Å². The highest BCUT2D eigenvalue weighted by Gasteiger charge is 2.17. The van der Waals surface area contributed by atoms with Crippen molar-refractivity contribution in [3.05, 3.63) is 41.7 Å². The summed E-state index contributed by atoms with van der Waals surface area (Å²) >= 11 is 0. The molecule has 2 aromatic rings. The summed E-state index contributed by atoms with van der Waals surface area (Å²) in [5.74, 6) is 0. The Hall–Kier alpha value is -1.86. The first kappa shape index (κ1) is 13.1. The van der Waals surface area contributed by atoms with Gasteiger partial charge in [-0.1, -0.05) is 6.07 Å². The normalized spacial score (nSPS) is 14.6. The molecule has 0 spiro atoms. The van der Waals surface area contributed by atoms with Gasteiger partial charge in [0.2, 0.25) is 10.0 Å². The van der Waals surface area contributed by atoms with Crippen molar-refractivity contribution < 1.29 is 8.42 Å². The van der Waals surface area contributed by atoms with Crippen LogP contribution in [0.2, 0.25) is 0 Å². The highest BCUT2D eigenvalue weighted by atomic mass is 32.2. The average Bonchev–Trinajstić information content (AvgIpc) is 2.98. The molecule has 20 heavy (non-hydrogen) atoms. The van der Waals surface area contributed by atoms with Crippen LogP contribution in [0.5, 0.6) is 0 Å². The fourth-order valence-electron chi connectivity index (χ4n) is 2.24. The molecule has 1 aromatic carbocycles. The second-order valence-corrected chi connectivity index (χ2v) is 6.55. The average molecular weight is 292 g/mol. The molecular formula is C13H16N4O2S. The predicted molar refractivity (Wildman–Crippen MR) is 75.9 cm³/mol. The lowest BCUT2D eigenvalue weighted by Gasteiger charge is -2.18. The number of anilines is 1. The van der Waals surface area contributed by atoms with Crippen LogP contribution in [0.4, 0.5) is 5.69 Å². The number of rotatable bonds is 4. The van der Waals surface area contributed by atoms with Gasteiger partial charge in [0, 0.05) is 30.5 Å². The van der Waals surface area contributed by atoms with Gasteiger partial charge in [-0.15, -0.1) is 0 Å². The molecule has 3 rings (SSSR count). The SMILES string of the molecule is O=S(=O)(NCc1cn[nH]c1)c1ccc2c(c1)NCCC2. The Bertz CT molecular complexity index is 695. The third-order valence-corrected chi connectivity index (χ3v) is 4.75. The van der Waals surface area contributed by atoms with Crippen LogP contribution >= 0.6 is 0 Å². The number of nitrogens with zero attached hydrogens (tertiary/aromatic N) is 1. The van der Waals surface area contributed by atoms with Gasteiger partial charge < -0.3 is 5.32 Å². The van der Waals surface area contributed by atoms with E-state index in [1.54, 1.807) is 24.5 Å². The zero-order chi connectivity index (χ0) is 14.0. The molecule has 0 bridgehead atoms. The Morgan fingerprint density at radius 1 is 1.35 bits per heavy atom. The Morgan fingerprint density at radius 3 is 3.05 bits per heavy atom. The zero-order valence-corrected chi connectivity index (χ0v) is 11.7. The van der Waals surface area contributed by atoms with Gasteiger partial charge in [0.05, 0.1) is 11.1 Å². The van der Waals surface area contributed by atoms with Gasteiger partial charge in [-0.3, -0.25) is 5.10 Å². The van der Waals surface area contributed by atoms with Crippen molar-refractivity contribution in [1.82, 2.24) is 14.9 Å². The number of H-pyrrole nitrogens is 1. The largest absolute Gasteiger partial charge is 0.385 e. The minimum absolute atomic E-state index is 0.226. The molecular weight excluding hydrogens is 276 g/mol. The Kier molecular flexibility index (Phi) is 3.45. The second-order valence-electron chi connectivity index (χ2n) is 4.78. The topological polar surface area (TPSA) is 86.9 Å². The second kappa shape index (κ2) is 5.26. The molecule has 0 atom stereocenters. The van der Waals surface area contributed by atoms with E-state index in [0.29, 0.717) is 0 Å². The molecule has 0 saturated heterocycles. The van der Waals surface area contributed by atoms with Gasteiger partial charge in [-0.05, 0) is 30.5 Å². The fourth-order valence-corrected chi connectivity index (χ4v) is 3.29. The first-order chi connectivity index (χ1) is 9.65. The maximum absolute atomic E-state index is 12.2. The van der Waals surface area contributed by atoms with E-state index in [9.17, 15) is 8.42 Å². The van der Waals surface area contributed by atoms with Crippen LogP contribution in [-0.4, -0.2) is 25.2 Å². The molecule has 1 aliphatic rings. The lowest BCUT2D eigenvalue weighted by Crippen LogP contribution is -2.23. The molecule has 3 N–H and O–H groups in total. The van der Waals surface area contributed by atoms with Crippen LogP contribution in [0, 0.1) is 0 Å². The van der Waals surface area contributed by atoms with Gasteiger partial charge in [0.25, 0.3) is 0 Å². The summed E-state index contributed by atoms with van der Waals surface area (Å²) < 4.78 is 27.1. The molecule has 0 amide bonds. The van der Waals surface area contributed by atoms with E-state index in [1.165, 1.54) is 5.56 Å². The molecule has 0 saturated carbocycles. The molecule has 2 heterocycles. The van der Waals surface area contributed by atoms with Crippen LogP contribution < -0.4 is 10.0 Å². The minimum atomic E-state index is -3.50. The van der Waals surface area contributed by atoms with E-state index in [-0.39, 0.29) is 11.4 Å². The number of benzene rings is 1. The number of hydrogen-bond donors (Lipinski definition) is 3. The van der Waals surface area contributed by atoms with E-state index in [2.05, 4.69) is 20.2 Å². The standard InChI is InChI=1S/C13H16N4O2S/c18-20(19,17-9-10-7-15-16-8-10)12-4-3-11-2-1-5-14-13(11)6-12/h3-4,6-8,14,17H,1-2,5,9H2,(H,15,16). The predicted octanol–water partition coefficient (Wildman–Crippen LogP) is 1.25. The van der Waals surface area contributed by atoms with Gasteiger partial charge in [0.15, 0.2) is 0 Å². The van der Waals surface area contributed by atoms with E-state index < -0.39 is 10.0 Å². The minimum Gasteiger partial charge on any atom is -0.385 e. The Morgan fingerprint density at radius 2 is 2.25 bits per heavy atom.